The van der Waals surface area contributed by atoms with E-state index in [9.17, 15) is 4.79 Å². The SMILES string of the molecule is CC(C)(C#N)CCCN1CCNC(=O)C1. The Morgan fingerprint density at radius 3 is 2.93 bits per heavy atom. The van der Waals surface area contributed by atoms with Gasteiger partial charge in [0.2, 0.25) is 5.91 Å². The molecule has 1 heterocycles. The average molecular weight is 209 g/mol. The Hall–Kier alpha value is -1.08. The number of hydrogen-bond acceptors (Lipinski definition) is 3. The summed E-state index contributed by atoms with van der Waals surface area (Å²) in [5.41, 5.74) is -0.238. The molecule has 0 aliphatic carbocycles. The monoisotopic (exact) mass is 209 g/mol. The molecule has 1 N–H and O–H groups in total. The van der Waals surface area contributed by atoms with Crippen LogP contribution < -0.4 is 5.32 Å². The van der Waals surface area contributed by atoms with E-state index >= 15 is 0 Å². The van der Waals surface area contributed by atoms with E-state index in [2.05, 4.69) is 16.3 Å². The van der Waals surface area contributed by atoms with Gasteiger partial charge in [0.25, 0.3) is 0 Å². The van der Waals surface area contributed by atoms with Gasteiger partial charge in [-0.3, -0.25) is 9.69 Å². The van der Waals surface area contributed by atoms with Crippen LogP contribution in [0.3, 0.4) is 0 Å². The lowest BCUT2D eigenvalue weighted by molar-refractivity contribution is -0.124. The first-order valence-corrected chi connectivity index (χ1v) is 5.44. The van der Waals surface area contributed by atoms with Crippen LogP contribution in [0.25, 0.3) is 0 Å². The zero-order chi connectivity index (χ0) is 11.3. The van der Waals surface area contributed by atoms with Gasteiger partial charge < -0.3 is 5.32 Å². The standard InChI is InChI=1S/C11H19N3O/c1-11(2,9-12)4-3-6-14-7-5-13-10(15)8-14/h3-8H2,1-2H3,(H,13,15). The second kappa shape index (κ2) is 5.13. The first-order chi connectivity index (χ1) is 7.03. The molecule has 1 aliphatic heterocycles. The molecule has 0 aromatic heterocycles. The minimum atomic E-state index is -0.238. The molecular weight excluding hydrogens is 190 g/mol. The lowest BCUT2D eigenvalue weighted by Gasteiger charge is -2.27. The third kappa shape index (κ3) is 4.30. The molecule has 0 radical (unpaired) electrons. The third-order valence-corrected chi connectivity index (χ3v) is 2.70. The van der Waals surface area contributed by atoms with Gasteiger partial charge in [0.1, 0.15) is 0 Å². The molecule has 1 aliphatic rings. The Kier molecular flexibility index (Phi) is 4.10. The largest absolute Gasteiger partial charge is 0.354 e. The molecule has 1 amide bonds. The molecule has 0 spiro atoms. The van der Waals surface area contributed by atoms with Gasteiger partial charge in [-0.05, 0) is 33.2 Å². The lowest BCUT2D eigenvalue weighted by Crippen LogP contribution is -2.47. The Morgan fingerprint density at radius 1 is 1.60 bits per heavy atom. The highest BCUT2D eigenvalue weighted by atomic mass is 16.2. The Bertz CT molecular complexity index is 267. The fraction of sp³-hybridized carbons (Fsp3) is 0.818. The van der Waals surface area contributed by atoms with Gasteiger partial charge in [-0.15, -0.1) is 0 Å². The van der Waals surface area contributed by atoms with Crippen molar-refractivity contribution < 1.29 is 4.79 Å². The predicted molar refractivity (Wildman–Crippen MR) is 58.1 cm³/mol. The maximum Gasteiger partial charge on any atom is 0.234 e. The van der Waals surface area contributed by atoms with Crippen LogP contribution in [-0.2, 0) is 4.79 Å². The quantitative estimate of drug-likeness (QED) is 0.743. The van der Waals surface area contributed by atoms with Gasteiger partial charge >= 0.3 is 0 Å². The third-order valence-electron chi connectivity index (χ3n) is 2.70. The Labute approximate surface area is 91.2 Å². The van der Waals surface area contributed by atoms with Crippen molar-refractivity contribution in [2.75, 3.05) is 26.2 Å². The highest BCUT2D eigenvalue weighted by Gasteiger charge is 2.19. The molecule has 1 saturated heterocycles. The van der Waals surface area contributed by atoms with Crippen LogP contribution >= 0.6 is 0 Å². The summed E-state index contributed by atoms with van der Waals surface area (Å²) in [5.74, 6) is 0.112. The molecule has 1 fully saturated rings. The molecular formula is C11H19N3O. The number of amides is 1. The molecule has 4 heteroatoms. The van der Waals surface area contributed by atoms with Crippen molar-refractivity contribution in [3.8, 4) is 6.07 Å². The summed E-state index contributed by atoms with van der Waals surface area (Å²) in [7, 11) is 0. The number of nitrogens with zero attached hydrogens (tertiary/aromatic N) is 2. The van der Waals surface area contributed by atoms with Gasteiger partial charge in [-0.2, -0.15) is 5.26 Å². The summed E-state index contributed by atoms with van der Waals surface area (Å²) in [5, 5.41) is 11.6. The zero-order valence-electron chi connectivity index (χ0n) is 9.55. The summed E-state index contributed by atoms with van der Waals surface area (Å²) in [4.78, 5) is 13.2. The summed E-state index contributed by atoms with van der Waals surface area (Å²) < 4.78 is 0. The number of carbonyl (C=O) groups is 1. The van der Waals surface area contributed by atoms with E-state index in [4.69, 9.17) is 5.26 Å². The van der Waals surface area contributed by atoms with Crippen molar-refractivity contribution in [3.63, 3.8) is 0 Å². The van der Waals surface area contributed by atoms with E-state index in [0.29, 0.717) is 6.54 Å². The van der Waals surface area contributed by atoms with E-state index in [1.807, 2.05) is 13.8 Å². The maximum absolute atomic E-state index is 11.1. The molecule has 4 nitrogen and oxygen atoms in total. The first kappa shape index (κ1) is 12.0. The minimum absolute atomic E-state index is 0.112. The topological polar surface area (TPSA) is 56.1 Å². The van der Waals surface area contributed by atoms with Crippen LogP contribution in [0.1, 0.15) is 26.7 Å². The highest BCUT2D eigenvalue weighted by molar-refractivity contribution is 5.78. The fourth-order valence-corrected chi connectivity index (χ4v) is 1.68. The second-order valence-electron chi connectivity index (χ2n) is 4.73. The molecule has 0 bridgehead atoms. The van der Waals surface area contributed by atoms with Gasteiger partial charge in [0, 0.05) is 13.1 Å². The summed E-state index contributed by atoms with van der Waals surface area (Å²) in [6, 6.07) is 2.29. The summed E-state index contributed by atoms with van der Waals surface area (Å²) in [6.07, 6.45) is 1.87. The van der Waals surface area contributed by atoms with Crippen LogP contribution in [0.2, 0.25) is 0 Å². The molecule has 0 saturated carbocycles. The van der Waals surface area contributed by atoms with E-state index in [1.54, 1.807) is 0 Å². The summed E-state index contributed by atoms with van der Waals surface area (Å²) >= 11 is 0. The van der Waals surface area contributed by atoms with Gasteiger partial charge in [-0.1, -0.05) is 0 Å². The van der Waals surface area contributed by atoms with Crippen molar-refractivity contribution in [1.29, 1.82) is 5.26 Å². The number of carbonyl (C=O) groups excluding carboxylic acids is 1. The van der Waals surface area contributed by atoms with Crippen molar-refractivity contribution in [3.05, 3.63) is 0 Å². The van der Waals surface area contributed by atoms with Gasteiger partial charge in [0.15, 0.2) is 0 Å². The van der Waals surface area contributed by atoms with Crippen molar-refractivity contribution in [2.45, 2.75) is 26.7 Å². The van der Waals surface area contributed by atoms with E-state index < -0.39 is 0 Å². The van der Waals surface area contributed by atoms with Gasteiger partial charge in [-0.25, -0.2) is 0 Å². The minimum Gasteiger partial charge on any atom is -0.354 e. The fourth-order valence-electron chi connectivity index (χ4n) is 1.68. The molecule has 0 aromatic carbocycles. The molecule has 0 aromatic rings. The number of nitrogens with one attached hydrogen (secondary N) is 1. The van der Waals surface area contributed by atoms with Crippen molar-refractivity contribution >= 4 is 5.91 Å². The Morgan fingerprint density at radius 2 is 2.33 bits per heavy atom. The molecule has 0 atom stereocenters. The normalized spacial score (nSPS) is 18.3. The lowest BCUT2D eigenvalue weighted by atomic mass is 9.90. The van der Waals surface area contributed by atoms with Crippen LogP contribution in [0, 0.1) is 16.7 Å². The number of hydrogen-bond donors (Lipinski definition) is 1. The number of rotatable bonds is 4. The second-order valence-corrected chi connectivity index (χ2v) is 4.73. The molecule has 1 rings (SSSR count). The van der Waals surface area contributed by atoms with E-state index in [1.165, 1.54) is 0 Å². The molecule has 15 heavy (non-hydrogen) atoms. The Balaban J connectivity index is 2.20. The smallest absolute Gasteiger partial charge is 0.234 e. The summed E-state index contributed by atoms with van der Waals surface area (Å²) in [6.45, 7) is 7.01. The predicted octanol–water partition coefficient (Wildman–Crippen LogP) is 0.748. The van der Waals surface area contributed by atoms with E-state index in [0.717, 1.165) is 32.5 Å². The zero-order valence-corrected chi connectivity index (χ0v) is 9.55. The number of piperazine rings is 1. The average Bonchev–Trinajstić information content (AvgIpc) is 2.18. The number of nitriles is 1. The first-order valence-electron chi connectivity index (χ1n) is 5.44. The van der Waals surface area contributed by atoms with Crippen molar-refractivity contribution in [2.24, 2.45) is 5.41 Å². The molecule has 84 valence electrons. The van der Waals surface area contributed by atoms with Crippen molar-refractivity contribution in [1.82, 2.24) is 10.2 Å². The van der Waals surface area contributed by atoms with Crippen LogP contribution in [-0.4, -0.2) is 37.0 Å². The van der Waals surface area contributed by atoms with Gasteiger partial charge in [0.05, 0.1) is 18.0 Å². The maximum atomic E-state index is 11.1. The van der Waals surface area contributed by atoms with E-state index in [-0.39, 0.29) is 11.3 Å². The van der Waals surface area contributed by atoms with Crippen LogP contribution in [0.4, 0.5) is 0 Å². The molecule has 0 unspecified atom stereocenters. The van der Waals surface area contributed by atoms with Crippen LogP contribution in [0.5, 0.6) is 0 Å². The highest BCUT2D eigenvalue weighted by Crippen LogP contribution is 2.20. The van der Waals surface area contributed by atoms with Crippen LogP contribution in [0.15, 0.2) is 0 Å².